The first-order valence-electron chi connectivity index (χ1n) is 11.6. The third kappa shape index (κ3) is 5.22. The van der Waals surface area contributed by atoms with E-state index in [1.165, 1.54) is 5.56 Å². The molecule has 0 fully saturated rings. The first-order valence-corrected chi connectivity index (χ1v) is 11.6. The van der Waals surface area contributed by atoms with Crippen molar-refractivity contribution in [1.29, 1.82) is 0 Å². The van der Waals surface area contributed by atoms with Crippen molar-refractivity contribution in [2.45, 2.75) is 32.1 Å². The van der Waals surface area contributed by atoms with E-state index >= 15 is 0 Å². The average Bonchev–Trinajstić information content (AvgIpc) is 3.31. The quantitative estimate of drug-likeness (QED) is 0.350. The molecule has 2 aromatic heterocycles. The predicted octanol–water partition coefficient (Wildman–Crippen LogP) is 5.02. The van der Waals surface area contributed by atoms with Crippen LogP contribution in [0.4, 0.5) is 0 Å². The number of rotatable bonds is 10. The van der Waals surface area contributed by atoms with Gasteiger partial charge in [0, 0.05) is 60.4 Å². The summed E-state index contributed by atoms with van der Waals surface area (Å²) in [6.45, 7) is 2.69. The Balaban J connectivity index is 1.64. The van der Waals surface area contributed by atoms with Gasteiger partial charge < -0.3 is 19.8 Å². The number of H-pyrrole nitrogens is 1. The molecule has 1 amide bonds. The number of hydrogen-bond acceptors (Lipinski definition) is 4. The molecular weight excluding hydrogens is 426 g/mol. The Morgan fingerprint density at radius 2 is 1.85 bits per heavy atom. The molecule has 2 heterocycles. The standard InChI is InChI=1S/C28H31N3O3/c1-4-19-8-7-10-24-26(18-31-28(19)24)25(20-14-22(33-2)16-23(15-20)34-3)17-27(32)30-13-11-21-9-5-6-12-29-21/h5-10,12,14-16,18,25,31H,4,11,13,17H2,1-3H3,(H,30,32). The molecule has 4 rings (SSSR count). The Morgan fingerprint density at radius 1 is 1.06 bits per heavy atom. The number of aromatic nitrogens is 2. The van der Waals surface area contributed by atoms with Gasteiger partial charge in [-0.3, -0.25) is 9.78 Å². The Bertz CT molecular complexity index is 1230. The van der Waals surface area contributed by atoms with E-state index in [-0.39, 0.29) is 11.8 Å². The van der Waals surface area contributed by atoms with Gasteiger partial charge in [0.15, 0.2) is 0 Å². The zero-order chi connectivity index (χ0) is 23.9. The number of methoxy groups -OCH3 is 2. The third-order valence-electron chi connectivity index (χ3n) is 6.19. The summed E-state index contributed by atoms with van der Waals surface area (Å²) >= 11 is 0. The summed E-state index contributed by atoms with van der Waals surface area (Å²) in [4.78, 5) is 20.9. The topological polar surface area (TPSA) is 76.2 Å². The SMILES string of the molecule is CCc1cccc2c(C(CC(=O)NCCc3ccccn3)c3cc(OC)cc(OC)c3)c[nH]c12. The van der Waals surface area contributed by atoms with Crippen molar-refractivity contribution in [3.8, 4) is 11.5 Å². The van der Waals surface area contributed by atoms with Crippen LogP contribution in [-0.4, -0.2) is 36.6 Å². The highest BCUT2D eigenvalue weighted by Crippen LogP contribution is 2.37. The summed E-state index contributed by atoms with van der Waals surface area (Å²) in [6.07, 6.45) is 5.73. The van der Waals surface area contributed by atoms with E-state index in [1.54, 1.807) is 20.4 Å². The molecule has 0 aliphatic carbocycles. The number of nitrogens with zero attached hydrogens (tertiary/aromatic N) is 1. The van der Waals surface area contributed by atoms with E-state index in [1.807, 2.05) is 42.6 Å². The summed E-state index contributed by atoms with van der Waals surface area (Å²) in [5.74, 6) is 1.22. The van der Waals surface area contributed by atoms with Crippen LogP contribution < -0.4 is 14.8 Å². The van der Waals surface area contributed by atoms with Crippen LogP contribution in [0, 0.1) is 0 Å². The lowest BCUT2D eigenvalue weighted by Crippen LogP contribution is -2.27. The molecule has 6 heteroatoms. The number of para-hydroxylation sites is 1. The van der Waals surface area contributed by atoms with Gasteiger partial charge in [0.05, 0.1) is 14.2 Å². The van der Waals surface area contributed by atoms with Crippen LogP contribution in [0.25, 0.3) is 10.9 Å². The van der Waals surface area contributed by atoms with E-state index in [0.717, 1.165) is 34.1 Å². The lowest BCUT2D eigenvalue weighted by Gasteiger charge is -2.19. The Hall–Kier alpha value is -3.80. The van der Waals surface area contributed by atoms with Gasteiger partial charge in [-0.05, 0) is 47.4 Å². The van der Waals surface area contributed by atoms with E-state index in [2.05, 4.69) is 40.4 Å². The normalized spacial score (nSPS) is 11.9. The lowest BCUT2D eigenvalue weighted by molar-refractivity contribution is -0.121. The molecule has 1 atom stereocenters. The van der Waals surface area contributed by atoms with Gasteiger partial charge in [-0.1, -0.05) is 31.2 Å². The maximum absolute atomic E-state index is 13.1. The predicted molar refractivity (Wildman–Crippen MR) is 135 cm³/mol. The van der Waals surface area contributed by atoms with Crippen molar-refractivity contribution in [3.05, 3.63) is 89.4 Å². The van der Waals surface area contributed by atoms with Gasteiger partial charge in [0.2, 0.25) is 5.91 Å². The smallest absolute Gasteiger partial charge is 0.220 e. The molecule has 0 aliphatic rings. The second kappa shape index (κ2) is 10.9. The average molecular weight is 458 g/mol. The molecule has 0 radical (unpaired) electrons. The Labute approximate surface area is 200 Å². The zero-order valence-electron chi connectivity index (χ0n) is 19.9. The van der Waals surface area contributed by atoms with Crippen molar-refractivity contribution >= 4 is 16.8 Å². The van der Waals surface area contributed by atoms with Gasteiger partial charge in [-0.2, -0.15) is 0 Å². The molecule has 4 aromatic rings. The second-order valence-corrected chi connectivity index (χ2v) is 8.26. The summed E-state index contributed by atoms with van der Waals surface area (Å²) in [5.41, 5.74) is 5.39. The molecule has 0 saturated carbocycles. The van der Waals surface area contributed by atoms with E-state index in [9.17, 15) is 4.79 Å². The van der Waals surface area contributed by atoms with E-state index in [4.69, 9.17) is 9.47 Å². The fourth-order valence-corrected chi connectivity index (χ4v) is 4.39. The van der Waals surface area contributed by atoms with Gasteiger partial charge >= 0.3 is 0 Å². The number of fused-ring (bicyclic) bond motifs is 1. The van der Waals surface area contributed by atoms with Gasteiger partial charge in [0.25, 0.3) is 0 Å². The van der Waals surface area contributed by atoms with Crippen molar-refractivity contribution in [2.24, 2.45) is 0 Å². The molecule has 2 aromatic carbocycles. The molecule has 34 heavy (non-hydrogen) atoms. The number of nitrogens with one attached hydrogen (secondary N) is 2. The highest BCUT2D eigenvalue weighted by Gasteiger charge is 2.23. The second-order valence-electron chi connectivity index (χ2n) is 8.26. The largest absolute Gasteiger partial charge is 0.497 e. The van der Waals surface area contributed by atoms with Crippen molar-refractivity contribution in [3.63, 3.8) is 0 Å². The molecule has 6 nitrogen and oxygen atoms in total. The highest BCUT2D eigenvalue weighted by molar-refractivity contribution is 5.88. The minimum absolute atomic E-state index is 0.0105. The first kappa shape index (κ1) is 23.4. The van der Waals surface area contributed by atoms with Crippen LogP contribution in [0.5, 0.6) is 11.5 Å². The van der Waals surface area contributed by atoms with Crippen LogP contribution in [0.3, 0.4) is 0 Å². The van der Waals surface area contributed by atoms with Gasteiger partial charge in [-0.25, -0.2) is 0 Å². The number of hydrogen-bond donors (Lipinski definition) is 2. The number of aryl methyl sites for hydroxylation is 1. The Morgan fingerprint density at radius 3 is 2.53 bits per heavy atom. The van der Waals surface area contributed by atoms with Crippen LogP contribution in [0.1, 0.15) is 41.6 Å². The first-order chi connectivity index (χ1) is 16.6. The van der Waals surface area contributed by atoms with Crippen LogP contribution >= 0.6 is 0 Å². The monoisotopic (exact) mass is 457 g/mol. The summed E-state index contributed by atoms with van der Waals surface area (Å²) < 4.78 is 11.0. The summed E-state index contributed by atoms with van der Waals surface area (Å²) in [7, 11) is 3.27. The van der Waals surface area contributed by atoms with Crippen LogP contribution in [-0.2, 0) is 17.6 Å². The lowest BCUT2D eigenvalue weighted by atomic mass is 9.87. The molecule has 176 valence electrons. The molecule has 0 spiro atoms. The fourth-order valence-electron chi connectivity index (χ4n) is 4.39. The maximum Gasteiger partial charge on any atom is 0.220 e. The summed E-state index contributed by atoms with van der Waals surface area (Å²) in [6, 6.07) is 18.0. The highest BCUT2D eigenvalue weighted by atomic mass is 16.5. The molecule has 0 saturated heterocycles. The molecule has 2 N–H and O–H groups in total. The Kier molecular flexibility index (Phi) is 7.48. The summed E-state index contributed by atoms with van der Waals surface area (Å²) in [5, 5.41) is 4.20. The number of carbonyl (C=O) groups is 1. The zero-order valence-corrected chi connectivity index (χ0v) is 19.9. The number of ether oxygens (including phenoxy) is 2. The van der Waals surface area contributed by atoms with Gasteiger partial charge in [0.1, 0.15) is 11.5 Å². The molecule has 0 bridgehead atoms. The van der Waals surface area contributed by atoms with E-state index in [0.29, 0.717) is 30.9 Å². The minimum atomic E-state index is -0.167. The number of pyridine rings is 1. The molecule has 0 aliphatic heterocycles. The number of benzene rings is 2. The van der Waals surface area contributed by atoms with Crippen LogP contribution in [0.15, 0.2) is 67.0 Å². The van der Waals surface area contributed by atoms with Crippen molar-refractivity contribution in [2.75, 3.05) is 20.8 Å². The van der Waals surface area contributed by atoms with Gasteiger partial charge in [-0.15, -0.1) is 0 Å². The minimum Gasteiger partial charge on any atom is -0.497 e. The van der Waals surface area contributed by atoms with Crippen molar-refractivity contribution < 1.29 is 14.3 Å². The number of carbonyl (C=O) groups excluding carboxylic acids is 1. The molecular formula is C28H31N3O3. The van der Waals surface area contributed by atoms with Crippen LogP contribution in [0.2, 0.25) is 0 Å². The fraction of sp³-hybridized carbons (Fsp3) is 0.286. The molecule has 1 unspecified atom stereocenters. The van der Waals surface area contributed by atoms with E-state index < -0.39 is 0 Å². The maximum atomic E-state index is 13.1. The third-order valence-corrected chi connectivity index (χ3v) is 6.19. The number of aromatic amines is 1. The van der Waals surface area contributed by atoms with Crippen molar-refractivity contribution in [1.82, 2.24) is 15.3 Å². The number of amides is 1.